The maximum absolute atomic E-state index is 12.5. The summed E-state index contributed by atoms with van der Waals surface area (Å²) in [7, 11) is 0. The van der Waals surface area contributed by atoms with Crippen LogP contribution in [-0.4, -0.2) is 44.8 Å². The van der Waals surface area contributed by atoms with Gasteiger partial charge in [0.15, 0.2) is 6.29 Å². The number of benzene rings is 3. The number of carboxylic acids is 1. The number of nitrogen functional groups attached to an aromatic ring is 1. The van der Waals surface area contributed by atoms with Crippen LogP contribution in [0.5, 0.6) is 0 Å². The number of thioether (sulfide) groups is 1. The van der Waals surface area contributed by atoms with Gasteiger partial charge in [-0.15, -0.1) is 11.8 Å². The zero-order chi connectivity index (χ0) is 36.0. The number of pyridine rings is 1. The summed E-state index contributed by atoms with van der Waals surface area (Å²) in [5, 5.41) is 25.3. The van der Waals surface area contributed by atoms with Gasteiger partial charge in [-0.2, -0.15) is 0 Å². The van der Waals surface area contributed by atoms with Crippen LogP contribution in [0.3, 0.4) is 0 Å². The maximum atomic E-state index is 12.5. The maximum Gasteiger partial charge on any atom is 0.338 e. The molecular formula is C39H44N4O7S. The number of nitrogens with one attached hydrogen (secondary N) is 2. The van der Waals surface area contributed by atoms with Crippen molar-refractivity contribution in [2.75, 3.05) is 16.8 Å². The second kappa shape index (κ2) is 19.0. The summed E-state index contributed by atoms with van der Waals surface area (Å²) < 4.78 is 12.8. The molecule has 0 unspecified atom stereocenters. The van der Waals surface area contributed by atoms with Crippen molar-refractivity contribution in [2.45, 2.75) is 81.6 Å². The molecule has 0 radical (unpaired) electrons. The molecule has 2 heterocycles. The Labute approximate surface area is 302 Å². The van der Waals surface area contributed by atoms with E-state index in [2.05, 4.69) is 15.6 Å². The number of aromatic nitrogens is 1. The smallest absolute Gasteiger partial charge is 0.338 e. The Hall–Kier alpha value is -4.75. The monoisotopic (exact) mass is 712 g/mol. The Morgan fingerprint density at radius 3 is 2.22 bits per heavy atom. The van der Waals surface area contributed by atoms with Gasteiger partial charge >= 0.3 is 5.97 Å². The van der Waals surface area contributed by atoms with Crippen molar-refractivity contribution < 1.29 is 34.1 Å². The number of anilines is 2. The quantitative estimate of drug-likeness (QED) is 0.0446. The van der Waals surface area contributed by atoms with E-state index in [-0.39, 0.29) is 36.2 Å². The average Bonchev–Trinajstić information content (AvgIpc) is 3.15. The lowest BCUT2D eigenvalue weighted by Crippen LogP contribution is -2.31. The minimum atomic E-state index is -1.03. The van der Waals surface area contributed by atoms with E-state index in [4.69, 9.17) is 15.2 Å². The third-order valence-electron chi connectivity index (χ3n) is 8.56. The van der Waals surface area contributed by atoms with Crippen LogP contribution >= 0.6 is 11.8 Å². The number of hydrogen-bond donors (Lipinski definition) is 5. The lowest BCUT2D eigenvalue weighted by molar-refractivity contribution is -0.245. The Morgan fingerprint density at radius 2 is 1.51 bits per heavy atom. The van der Waals surface area contributed by atoms with Crippen molar-refractivity contribution in [2.24, 2.45) is 0 Å². The Kier molecular flexibility index (Phi) is 14.0. The number of aromatic carboxylic acids is 1. The van der Waals surface area contributed by atoms with Crippen molar-refractivity contribution in [3.8, 4) is 0 Å². The van der Waals surface area contributed by atoms with Gasteiger partial charge in [0.05, 0.1) is 35.8 Å². The van der Waals surface area contributed by atoms with Crippen molar-refractivity contribution in [1.29, 1.82) is 0 Å². The third-order valence-corrected chi connectivity index (χ3v) is 9.69. The van der Waals surface area contributed by atoms with Gasteiger partial charge in [-0.05, 0) is 53.8 Å². The molecule has 1 fully saturated rings. The molecule has 3 aromatic carbocycles. The number of carbonyl (C=O) groups excluding carboxylic acids is 2. The van der Waals surface area contributed by atoms with Gasteiger partial charge in [0.25, 0.3) is 0 Å². The van der Waals surface area contributed by atoms with Crippen LogP contribution in [0.4, 0.5) is 11.4 Å². The van der Waals surface area contributed by atoms with Crippen molar-refractivity contribution >= 4 is 40.9 Å². The van der Waals surface area contributed by atoms with Crippen molar-refractivity contribution in [1.82, 2.24) is 10.3 Å². The first-order chi connectivity index (χ1) is 24.8. The summed E-state index contributed by atoms with van der Waals surface area (Å²) >= 11 is 1.34. The van der Waals surface area contributed by atoms with Crippen LogP contribution in [0.2, 0.25) is 0 Å². The summed E-state index contributed by atoms with van der Waals surface area (Å²) in [4.78, 5) is 40.6. The number of carbonyl (C=O) groups is 3. The fourth-order valence-electron chi connectivity index (χ4n) is 5.69. The van der Waals surface area contributed by atoms with Gasteiger partial charge in [-0.3, -0.25) is 9.59 Å². The number of hydrogen-bond acceptors (Lipinski definition) is 9. The molecule has 0 spiro atoms. The zero-order valence-corrected chi connectivity index (χ0v) is 29.1. The highest BCUT2D eigenvalue weighted by Crippen LogP contribution is 2.39. The predicted molar refractivity (Wildman–Crippen MR) is 196 cm³/mol. The molecule has 11 nitrogen and oxygen atoms in total. The Morgan fingerprint density at radius 1 is 0.824 bits per heavy atom. The summed E-state index contributed by atoms with van der Waals surface area (Å²) in [5.41, 5.74) is 10.7. The molecule has 3 atom stereocenters. The molecule has 1 aromatic heterocycles. The van der Waals surface area contributed by atoms with Crippen LogP contribution in [0.15, 0.2) is 96.2 Å². The highest BCUT2D eigenvalue weighted by Gasteiger charge is 2.32. The number of carboxylic acid groups (broad SMARTS) is 1. The number of nitrogens with zero attached hydrogens (tertiary/aromatic N) is 1. The van der Waals surface area contributed by atoms with Gasteiger partial charge in [0.1, 0.15) is 5.03 Å². The van der Waals surface area contributed by atoms with Crippen LogP contribution in [0.1, 0.15) is 90.0 Å². The molecule has 1 aliphatic heterocycles. The van der Waals surface area contributed by atoms with Crippen LogP contribution in [-0.2, 0) is 32.2 Å². The van der Waals surface area contributed by atoms with Gasteiger partial charge < -0.3 is 36.1 Å². The van der Waals surface area contributed by atoms with E-state index in [0.29, 0.717) is 48.0 Å². The topological polar surface area (TPSA) is 173 Å². The molecule has 0 bridgehead atoms. The van der Waals surface area contributed by atoms with Crippen molar-refractivity contribution in [3.63, 3.8) is 0 Å². The van der Waals surface area contributed by atoms with E-state index >= 15 is 0 Å². The van der Waals surface area contributed by atoms with E-state index in [1.54, 1.807) is 24.4 Å². The second-order valence-corrected chi connectivity index (χ2v) is 13.4. The fraction of sp³-hybridized carbons (Fsp3) is 0.333. The Bertz CT molecular complexity index is 1750. The van der Waals surface area contributed by atoms with Gasteiger partial charge in [0.2, 0.25) is 11.8 Å². The standard InChI is InChI=1S/C39H44N4O7S/c40-32-9-5-6-10-33(32)43-36(46)12-4-2-1-3-11-35(45)42-23-26-13-19-29(20-14-26)39-49-30(25-51-37-31(38(47)48)8-7-21-41-37)22-34(50-39)28-17-15-27(24-44)16-18-28/h5-10,13-21,30,34,39,44H,1-4,11-12,22-25,40H2,(H,42,45)(H,43,46)(H,47,48)/t30-,34+,39+/m1/s1. The van der Waals surface area contributed by atoms with E-state index in [1.165, 1.54) is 17.8 Å². The van der Waals surface area contributed by atoms with Crippen LogP contribution in [0, 0.1) is 0 Å². The van der Waals surface area contributed by atoms with Gasteiger partial charge in [-0.25, -0.2) is 9.78 Å². The third kappa shape index (κ3) is 11.4. The molecule has 0 saturated carbocycles. The first-order valence-electron chi connectivity index (χ1n) is 17.1. The summed E-state index contributed by atoms with van der Waals surface area (Å²) in [6.07, 6.45) is 4.96. The zero-order valence-electron chi connectivity index (χ0n) is 28.3. The molecule has 12 heteroatoms. The first kappa shape index (κ1) is 37.5. The minimum absolute atomic E-state index is 0.0234. The number of aliphatic hydroxyl groups is 1. The largest absolute Gasteiger partial charge is 0.478 e. The van der Waals surface area contributed by atoms with E-state index in [9.17, 15) is 24.6 Å². The minimum Gasteiger partial charge on any atom is -0.478 e. The second-order valence-electron chi connectivity index (χ2n) is 12.4. The van der Waals surface area contributed by atoms with E-state index in [0.717, 1.165) is 47.9 Å². The molecule has 2 amide bonds. The average molecular weight is 713 g/mol. The van der Waals surface area contributed by atoms with Crippen LogP contribution in [0.25, 0.3) is 0 Å². The van der Waals surface area contributed by atoms with Crippen molar-refractivity contribution in [3.05, 3.63) is 119 Å². The number of rotatable bonds is 17. The predicted octanol–water partition coefficient (Wildman–Crippen LogP) is 6.79. The molecule has 5 rings (SSSR count). The first-order valence-corrected chi connectivity index (χ1v) is 18.1. The number of amides is 2. The Balaban J connectivity index is 1.08. The molecule has 6 N–H and O–H groups in total. The number of aliphatic hydroxyl groups excluding tert-OH is 1. The van der Waals surface area contributed by atoms with E-state index in [1.807, 2.05) is 60.7 Å². The lowest BCUT2D eigenvalue weighted by Gasteiger charge is -2.36. The van der Waals surface area contributed by atoms with Gasteiger partial charge in [0, 0.05) is 43.3 Å². The fourth-order valence-corrected chi connectivity index (χ4v) is 6.70. The van der Waals surface area contributed by atoms with E-state index < -0.39 is 12.3 Å². The highest BCUT2D eigenvalue weighted by atomic mass is 32.2. The molecule has 268 valence electrons. The SMILES string of the molecule is Nc1ccccc1NC(=O)CCCCCCC(=O)NCc1ccc([C@H]2O[C@@H](CSc3ncccc3C(=O)O)C[C@@H](c3ccc(CO)cc3)O2)cc1. The molecule has 1 aliphatic rings. The molecular weight excluding hydrogens is 669 g/mol. The highest BCUT2D eigenvalue weighted by molar-refractivity contribution is 7.99. The number of para-hydroxylation sites is 2. The number of nitrogens with two attached hydrogens (primary N) is 1. The van der Waals surface area contributed by atoms with Crippen LogP contribution < -0.4 is 16.4 Å². The number of ether oxygens (including phenoxy) is 2. The molecule has 51 heavy (non-hydrogen) atoms. The molecule has 1 saturated heterocycles. The van der Waals surface area contributed by atoms with Gasteiger partial charge in [-0.1, -0.05) is 73.5 Å². The molecule has 4 aromatic rings. The normalized spacial score (nSPS) is 17.1. The molecule has 0 aliphatic carbocycles. The summed E-state index contributed by atoms with van der Waals surface area (Å²) in [6, 6.07) is 25.7. The summed E-state index contributed by atoms with van der Waals surface area (Å²) in [6.45, 7) is 0.344. The number of unbranched alkanes of at least 4 members (excludes halogenated alkanes) is 3. The lowest BCUT2D eigenvalue weighted by atomic mass is 10.0. The summed E-state index contributed by atoms with van der Waals surface area (Å²) in [5.74, 6) is -0.642.